The molecule has 2 aliphatic heterocycles. The lowest BCUT2D eigenvalue weighted by atomic mass is 10.2. The monoisotopic (exact) mass is 455 g/mol. The number of rotatable bonds is 6. The number of nitrogens with zero attached hydrogens (tertiary/aromatic N) is 1. The van der Waals surface area contributed by atoms with E-state index in [2.05, 4.69) is 0 Å². The van der Waals surface area contributed by atoms with Crippen molar-refractivity contribution in [3.63, 3.8) is 0 Å². The number of hydrogen-bond acceptors (Lipinski definition) is 7. The molecule has 2 aromatic carbocycles. The van der Waals surface area contributed by atoms with E-state index >= 15 is 0 Å². The highest BCUT2D eigenvalue weighted by molar-refractivity contribution is 8.00. The van der Waals surface area contributed by atoms with Crippen LogP contribution >= 0.6 is 23.1 Å². The van der Waals surface area contributed by atoms with E-state index in [-0.39, 0.29) is 5.91 Å². The van der Waals surface area contributed by atoms with E-state index < -0.39 is 0 Å². The Morgan fingerprint density at radius 1 is 0.871 bits per heavy atom. The fraction of sp³-hybridized carbons (Fsp3) is 0.261. The summed E-state index contributed by atoms with van der Waals surface area (Å²) in [6.07, 6.45) is 0. The van der Waals surface area contributed by atoms with Gasteiger partial charge in [-0.15, -0.1) is 23.1 Å². The summed E-state index contributed by atoms with van der Waals surface area (Å²) in [6.45, 7) is 2.66. The number of carbonyl (C=O) groups excluding carboxylic acids is 1. The molecule has 0 unspecified atom stereocenters. The van der Waals surface area contributed by atoms with Crippen molar-refractivity contribution in [1.29, 1.82) is 0 Å². The Labute approximate surface area is 188 Å². The summed E-state index contributed by atoms with van der Waals surface area (Å²) in [5.74, 6) is 3.18. The van der Waals surface area contributed by atoms with Crippen molar-refractivity contribution in [2.24, 2.45) is 0 Å². The standard InChI is InChI=1S/C23H21NO5S2/c25-23(15-31-17-4-6-20-22(13-17)29-10-8-27-20)24(14-18-2-1-11-30-18)16-3-5-19-21(12-16)28-9-7-26-19/h1-6,11-13H,7-10,14-15H2. The van der Waals surface area contributed by atoms with Gasteiger partial charge in [0.1, 0.15) is 26.4 Å². The second-order valence-corrected chi connectivity index (χ2v) is 9.06. The summed E-state index contributed by atoms with van der Waals surface area (Å²) >= 11 is 3.12. The normalized spacial score (nSPS) is 14.2. The Morgan fingerprint density at radius 3 is 2.26 bits per heavy atom. The van der Waals surface area contributed by atoms with Crippen LogP contribution in [0, 0.1) is 0 Å². The minimum atomic E-state index is 0.0185. The topological polar surface area (TPSA) is 57.2 Å². The van der Waals surface area contributed by atoms with Crippen molar-refractivity contribution >= 4 is 34.7 Å². The van der Waals surface area contributed by atoms with Crippen LogP contribution in [0.15, 0.2) is 58.8 Å². The largest absolute Gasteiger partial charge is 0.486 e. The van der Waals surface area contributed by atoms with Crippen LogP contribution in [0.5, 0.6) is 23.0 Å². The highest BCUT2D eigenvalue weighted by Gasteiger charge is 2.21. The maximum Gasteiger partial charge on any atom is 0.237 e. The molecule has 31 heavy (non-hydrogen) atoms. The van der Waals surface area contributed by atoms with Crippen LogP contribution in [0.1, 0.15) is 4.88 Å². The molecular formula is C23H21NO5S2. The van der Waals surface area contributed by atoms with Crippen LogP contribution in [-0.2, 0) is 11.3 Å². The lowest BCUT2D eigenvalue weighted by Crippen LogP contribution is -2.31. The molecule has 0 bridgehead atoms. The van der Waals surface area contributed by atoms with Gasteiger partial charge in [0.25, 0.3) is 0 Å². The number of amides is 1. The highest BCUT2D eigenvalue weighted by atomic mass is 32.2. The molecular weight excluding hydrogens is 434 g/mol. The van der Waals surface area contributed by atoms with E-state index in [1.54, 1.807) is 16.2 Å². The minimum absolute atomic E-state index is 0.0185. The third-order valence-corrected chi connectivity index (χ3v) is 6.75. The molecule has 0 saturated heterocycles. The average Bonchev–Trinajstić information content (AvgIpc) is 3.34. The molecule has 5 rings (SSSR count). The zero-order valence-electron chi connectivity index (χ0n) is 16.7. The SMILES string of the molecule is O=C(CSc1ccc2c(c1)OCCO2)N(Cc1cccs1)c1ccc2c(c1)OCCO2. The molecule has 3 aromatic rings. The lowest BCUT2D eigenvalue weighted by molar-refractivity contribution is -0.116. The minimum Gasteiger partial charge on any atom is -0.486 e. The van der Waals surface area contributed by atoms with Gasteiger partial charge in [-0.3, -0.25) is 4.79 Å². The van der Waals surface area contributed by atoms with Crippen molar-refractivity contribution < 1.29 is 23.7 Å². The first-order valence-electron chi connectivity index (χ1n) is 10.0. The zero-order valence-corrected chi connectivity index (χ0v) is 18.4. The quantitative estimate of drug-likeness (QED) is 0.506. The number of benzene rings is 2. The predicted molar refractivity (Wildman–Crippen MR) is 121 cm³/mol. The summed E-state index contributed by atoms with van der Waals surface area (Å²) in [7, 11) is 0. The van der Waals surface area contributed by atoms with Crippen LogP contribution in [0.2, 0.25) is 0 Å². The molecule has 0 saturated carbocycles. The Balaban J connectivity index is 1.34. The number of carbonyl (C=O) groups is 1. The van der Waals surface area contributed by atoms with Crippen LogP contribution in [0.3, 0.4) is 0 Å². The van der Waals surface area contributed by atoms with E-state index in [1.165, 1.54) is 11.8 Å². The van der Waals surface area contributed by atoms with E-state index in [1.807, 2.05) is 53.9 Å². The fourth-order valence-corrected chi connectivity index (χ4v) is 4.91. The Kier molecular flexibility index (Phi) is 5.90. The van der Waals surface area contributed by atoms with Gasteiger partial charge < -0.3 is 23.8 Å². The van der Waals surface area contributed by atoms with Crippen molar-refractivity contribution in [2.45, 2.75) is 11.4 Å². The first-order chi connectivity index (χ1) is 15.3. The van der Waals surface area contributed by atoms with Crippen LogP contribution in [0.25, 0.3) is 0 Å². The second kappa shape index (κ2) is 9.11. The molecule has 0 N–H and O–H groups in total. The number of thioether (sulfide) groups is 1. The molecule has 0 fully saturated rings. The molecule has 8 heteroatoms. The molecule has 0 spiro atoms. The highest BCUT2D eigenvalue weighted by Crippen LogP contribution is 2.36. The summed E-state index contributed by atoms with van der Waals surface area (Å²) in [5, 5.41) is 2.02. The first kappa shape index (κ1) is 20.1. The van der Waals surface area contributed by atoms with Crippen molar-refractivity contribution in [3.8, 4) is 23.0 Å². The first-order valence-corrected chi connectivity index (χ1v) is 11.9. The maximum atomic E-state index is 13.3. The van der Waals surface area contributed by atoms with E-state index in [0.717, 1.165) is 27.0 Å². The van der Waals surface area contributed by atoms with Crippen molar-refractivity contribution in [3.05, 3.63) is 58.8 Å². The van der Waals surface area contributed by atoms with Crippen LogP contribution in [0.4, 0.5) is 5.69 Å². The van der Waals surface area contributed by atoms with Gasteiger partial charge in [0.2, 0.25) is 5.91 Å². The molecule has 2 aliphatic rings. The van der Waals surface area contributed by atoms with Gasteiger partial charge in [-0.2, -0.15) is 0 Å². The second-order valence-electron chi connectivity index (χ2n) is 6.98. The third-order valence-electron chi connectivity index (χ3n) is 4.91. The summed E-state index contributed by atoms with van der Waals surface area (Å²) < 4.78 is 22.6. The van der Waals surface area contributed by atoms with Gasteiger partial charge in [-0.05, 0) is 41.8 Å². The van der Waals surface area contributed by atoms with Crippen molar-refractivity contribution in [2.75, 3.05) is 37.1 Å². The summed E-state index contributed by atoms with van der Waals surface area (Å²) in [6, 6.07) is 15.5. The molecule has 0 aliphatic carbocycles. The molecule has 1 aromatic heterocycles. The van der Waals surface area contributed by atoms with E-state index in [9.17, 15) is 4.79 Å². The predicted octanol–water partition coefficient (Wildman–Crippen LogP) is 4.62. The zero-order chi connectivity index (χ0) is 21.0. The fourth-order valence-electron chi connectivity index (χ4n) is 3.42. The average molecular weight is 456 g/mol. The number of ether oxygens (including phenoxy) is 4. The van der Waals surface area contributed by atoms with Gasteiger partial charge >= 0.3 is 0 Å². The molecule has 0 radical (unpaired) electrons. The van der Waals surface area contributed by atoms with Crippen LogP contribution < -0.4 is 23.8 Å². The van der Waals surface area contributed by atoms with Crippen molar-refractivity contribution in [1.82, 2.24) is 0 Å². The Hall–Kier alpha value is -2.84. The van der Waals surface area contributed by atoms with Gasteiger partial charge in [0, 0.05) is 21.5 Å². The number of fused-ring (bicyclic) bond motifs is 2. The number of anilines is 1. The molecule has 160 valence electrons. The molecule has 6 nitrogen and oxygen atoms in total. The maximum absolute atomic E-state index is 13.3. The molecule has 1 amide bonds. The number of thiophene rings is 1. The molecule has 0 atom stereocenters. The van der Waals surface area contributed by atoms with Gasteiger partial charge in [0.15, 0.2) is 23.0 Å². The lowest BCUT2D eigenvalue weighted by Gasteiger charge is -2.25. The summed E-state index contributed by atoms with van der Waals surface area (Å²) in [4.78, 5) is 17.2. The van der Waals surface area contributed by atoms with Crippen LogP contribution in [-0.4, -0.2) is 38.1 Å². The Morgan fingerprint density at radius 2 is 1.55 bits per heavy atom. The smallest absolute Gasteiger partial charge is 0.237 e. The molecule has 3 heterocycles. The van der Waals surface area contributed by atoms with Gasteiger partial charge in [0.05, 0.1) is 12.3 Å². The summed E-state index contributed by atoms with van der Waals surface area (Å²) in [5.41, 5.74) is 0.797. The number of hydrogen-bond donors (Lipinski definition) is 0. The van der Waals surface area contributed by atoms with Gasteiger partial charge in [-0.25, -0.2) is 0 Å². The third kappa shape index (κ3) is 4.60. The Bertz CT molecular complexity index is 1070. The van der Waals surface area contributed by atoms with Gasteiger partial charge in [-0.1, -0.05) is 6.07 Å². The van der Waals surface area contributed by atoms with E-state index in [4.69, 9.17) is 18.9 Å². The van der Waals surface area contributed by atoms with E-state index in [0.29, 0.717) is 50.2 Å².